The van der Waals surface area contributed by atoms with Crippen molar-refractivity contribution < 1.29 is 4.79 Å². The molecule has 5 heteroatoms. The zero-order valence-electron chi connectivity index (χ0n) is 7.16. The molecule has 0 spiro atoms. The van der Waals surface area contributed by atoms with Crippen LogP contribution < -0.4 is 0 Å². The number of hydrogen-bond donors (Lipinski definition) is 0. The van der Waals surface area contributed by atoms with Crippen LogP contribution in [-0.2, 0) is 0 Å². The molecule has 0 saturated heterocycles. The average Bonchev–Trinajstić information content (AvgIpc) is 2.30. The van der Waals surface area contributed by atoms with Gasteiger partial charge in [0.2, 0.25) is 5.78 Å². The second kappa shape index (κ2) is 3.69. The van der Waals surface area contributed by atoms with Crippen LogP contribution in [0.3, 0.4) is 0 Å². The van der Waals surface area contributed by atoms with E-state index in [1.165, 1.54) is 37.2 Å². The van der Waals surface area contributed by atoms with Crippen molar-refractivity contribution in [1.82, 2.24) is 19.9 Å². The maximum Gasteiger partial charge on any atom is 0.231 e. The lowest BCUT2D eigenvalue weighted by molar-refractivity contribution is 0.102. The van der Waals surface area contributed by atoms with Gasteiger partial charge in [0.25, 0.3) is 0 Å². The summed E-state index contributed by atoms with van der Waals surface area (Å²) in [5, 5.41) is 0. The van der Waals surface area contributed by atoms with Crippen LogP contribution in [0.25, 0.3) is 0 Å². The van der Waals surface area contributed by atoms with Crippen LogP contribution in [0.1, 0.15) is 16.2 Å². The molecule has 0 fully saturated rings. The molecule has 0 unspecified atom stereocenters. The van der Waals surface area contributed by atoms with Gasteiger partial charge in [-0.3, -0.25) is 9.78 Å². The van der Waals surface area contributed by atoms with Gasteiger partial charge in [0, 0.05) is 18.6 Å². The van der Waals surface area contributed by atoms with Crippen LogP contribution in [0.15, 0.2) is 37.2 Å². The SMILES string of the molecule is O=C(c1ccncn1)c1cnccn1. The van der Waals surface area contributed by atoms with Gasteiger partial charge in [-0.05, 0) is 6.07 Å². The van der Waals surface area contributed by atoms with Crippen LogP contribution in [-0.4, -0.2) is 25.7 Å². The first kappa shape index (κ1) is 8.43. The Kier molecular flexibility index (Phi) is 2.22. The Labute approximate surface area is 79.9 Å². The minimum atomic E-state index is -0.250. The molecule has 14 heavy (non-hydrogen) atoms. The molecule has 68 valence electrons. The summed E-state index contributed by atoms with van der Waals surface area (Å²) in [5.74, 6) is -0.250. The van der Waals surface area contributed by atoms with Crippen molar-refractivity contribution >= 4 is 5.78 Å². The smallest absolute Gasteiger partial charge is 0.231 e. The first-order chi connectivity index (χ1) is 6.88. The zero-order valence-corrected chi connectivity index (χ0v) is 7.16. The lowest BCUT2D eigenvalue weighted by Gasteiger charge is -1.96. The highest BCUT2D eigenvalue weighted by Gasteiger charge is 2.10. The van der Waals surface area contributed by atoms with Crippen molar-refractivity contribution in [3.8, 4) is 0 Å². The molecule has 0 aliphatic heterocycles. The van der Waals surface area contributed by atoms with Gasteiger partial charge in [0.15, 0.2) is 0 Å². The second-order valence-corrected chi connectivity index (χ2v) is 2.51. The lowest BCUT2D eigenvalue weighted by Crippen LogP contribution is -2.06. The third-order valence-corrected chi connectivity index (χ3v) is 1.61. The van der Waals surface area contributed by atoms with Crippen molar-refractivity contribution in [1.29, 1.82) is 0 Å². The van der Waals surface area contributed by atoms with E-state index in [4.69, 9.17) is 0 Å². The minimum absolute atomic E-state index is 0.250. The van der Waals surface area contributed by atoms with Crippen molar-refractivity contribution in [3.63, 3.8) is 0 Å². The standard InChI is InChI=1S/C9H6N4O/c14-9(7-1-2-11-6-13-7)8-5-10-3-4-12-8/h1-6H. The van der Waals surface area contributed by atoms with E-state index in [-0.39, 0.29) is 11.5 Å². The molecule has 0 aromatic carbocycles. The second-order valence-electron chi connectivity index (χ2n) is 2.51. The largest absolute Gasteiger partial charge is 0.285 e. The Morgan fingerprint density at radius 2 is 1.93 bits per heavy atom. The summed E-state index contributed by atoms with van der Waals surface area (Å²) in [5.41, 5.74) is 0.603. The van der Waals surface area contributed by atoms with Crippen LogP contribution in [0.5, 0.6) is 0 Å². The van der Waals surface area contributed by atoms with Crippen LogP contribution >= 0.6 is 0 Å². The first-order valence-corrected chi connectivity index (χ1v) is 3.94. The van der Waals surface area contributed by atoms with Crippen molar-refractivity contribution in [2.75, 3.05) is 0 Å². The van der Waals surface area contributed by atoms with E-state index in [9.17, 15) is 4.79 Å². The quantitative estimate of drug-likeness (QED) is 0.638. The molecular weight excluding hydrogens is 180 g/mol. The summed E-state index contributed by atoms with van der Waals surface area (Å²) in [6.45, 7) is 0. The van der Waals surface area contributed by atoms with Crippen LogP contribution in [0.4, 0.5) is 0 Å². The molecule has 0 amide bonds. The number of hydrogen-bond acceptors (Lipinski definition) is 5. The van der Waals surface area contributed by atoms with E-state index < -0.39 is 0 Å². The van der Waals surface area contributed by atoms with Gasteiger partial charge in [0.1, 0.15) is 17.7 Å². The molecule has 2 heterocycles. The highest BCUT2D eigenvalue weighted by molar-refractivity contribution is 6.05. The highest BCUT2D eigenvalue weighted by Crippen LogP contribution is 2.01. The van der Waals surface area contributed by atoms with E-state index in [0.29, 0.717) is 5.69 Å². The number of carbonyl (C=O) groups excluding carboxylic acids is 1. The van der Waals surface area contributed by atoms with Gasteiger partial charge in [-0.1, -0.05) is 0 Å². The van der Waals surface area contributed by atoms with Gasteiger partial charge in [-0.2, -0.15) is 0 Å². The van der Waals surface area contributed by atoms with Gasteiger partial charge >= 0.3 is 0 Å². The molecule has 5 nitrogen and oxygen atoms in total. The number of aromatic nitrogens is 4. The summed E-state index contributed by atoms with van der Waals surface area (Å²) in [6, 6.07) is 1.54. The van der Waals surface area contributed by atoms with Gasteiger partial charge in [-0.25, -0.2) is 15.0 Å². The molecule has 0 aliphatic carbocycles. The monoisotopic (exact) mass is 186 g/mol. The highest BCUT2D eigenvalue weighted by atomic mass is 16.1. The van der Waals surface area contributed by atoms with E-state index in [2.05, 4.69) is 19.9 Å². The molecular formula is C9H6N4O. The maximum absolute atomic E-state index is 11.7. The van der Waals surface area contributed by atoms with Crippen LogP contribution in [0, 0.1) is 0 Å². The van der Waals surface area contributed by atoms with Crippen LogP contribution in [0.2, 0.25) is 0 Å². The Hall–Kier alpha value is -2.17. The summed E-state index contributed by atoms with van der Waals surface area (Å²) in [7, 11) is 0. The summed E-state index contributed by atoms with van der Waals surface area (Å²) < 4.78 is 0. The molecule has 0 saturated carbocycles. The van der Waals surface area contributed by atoms with Gasteiger partial charge in [-0.15, -0.1) is 0 Å². The zero-order chi connectivity index (χ0) is 9.80. The number of rotatable bonds is 2. The fraction of sp³-hybridized carbons (Fsp3) is 0. The Balaban J connectivity index is 2.35. The van der Waals surface area contributed by atoms with Gasteiger partial charge < -0.3 is 0 Å². The summed E-state index contributed by atoms with van der Waals surface area (Å²) in [4.78, 5) is 26.9. The van der Waals surface area contributed by atoms with E-state index >= 15 is 0 Å². The molecule has 2 aromatic rings. The minimum Gasteiger partial charge on any atom is -0.285 e. The molecule has 0 radical (unpaired) electrons. The summed E-state index contributed by atoms with van der Waals surface area (Å²) in [6.07, 6.45) is 7.22. The molecule has 0 bridgehead atoms. The molecule has 2 rings (SSSR count). The van der Waals surface area contributed by atoms with E-state index in [0.717, 1.165) is 0 Å². The molecule has 0 atom stereocenters. The Morgan fingerprint density at radius 3 is 2.57 bits per heavy atom. The van der Waals surface area contributed by atoms with Crippen molar-refractivity contribution in [2.45, 2.75) is 0 Å². The lowest BCUT2D eigenvalue weighted by atomic mass is 10.2. The third kappa shape index (κ3) is 1.61. The number of ketones is 1. The predicted octanol–water partition coefficient (Wildman–Crippen LogP) is 0.498. The van der Waals surface area contributed by atoms with E-state index in [1.807, 2.05) is 0 Å². The van der Waals surface area contributed by atoms with Gasteiger partial charge in [0.05, 0.1) is 6.20 Å². The molecule has 0 aliphatic rings. The first-order valence-electron chi connectivity index (χ1n) is 3.94. The van der Waals surface area contributed by atoms with Crippen molar-refractivity contribution in [3.05, 3.63) is 48.6 Å². The maximum atomic E-state index is 11.7. The number of carbonyl (C=O) groups is 1. The normalized spacial score (nSPS) is 9.71. The summed E-state index contributed by atoms with van der Waals surface area (Å²) >= 11 is 0. The van der Waals surface area contributed by atoms with Crippen molar-refractivity contribution in [2.24, 2.45) is 0 Å². The van der Waals surface area contributed by atoms with E-state index in [1.54, 1.807) is 0 Å². The topological polar surface area (TPSA) is 68.6 Å². The average molecular weight is 186 g/mol. The fourth-order valence-corrected chi connectivity index (χ4v) is 0.973. The Morgan fingerprint density at radius 1 is 1.00 bits per heavy atom. The fourth-order valence-electron chi connectivity index (χ4n) is 0.973. The molecule has 0 N–H and O–H groups in total. The molecule has 2 aromatic heterocycles. The number of nitrogens with zero attached hydrogens (tertiary/aromatic N) is 4. The third-order valence-electron chi connectivity index (χ3n) is 1.61. The Bertz CT molecular complexity index is 388. The predicted molar refractivity (Wildman–Crippen MR) is 47.5 cm³/mol.